The van der Waals surface area contributed by atoms with Crippen LogP contribution in [0.25, 0.3) is 5.65 Å². The summed E-state index contributed by atoms with van der Waals surface area (Å²) in [4.78, 5) is 6.39. The summed E-state index contributed by atoms with van der Waals surface area (Å²) in [5.74, 6) is 2.38. The number of hydrogen-bond donors (Lipinski definition) is 0. The largest absolute Gasteiger partial charge is 0.480 e. The van der Waals surface area contributed by atoms with Gasteiger partial charge in [-0.1, -0.05) is 5.16 Å². The number of fused-ring (bicyclic) bond motifs is 1. The SMILES string of the molecule is COc1ccc2nnc(C3CCN(c4nc(C)no4)CC3)n2n1. The average molecular weight is 315 g/mol. The Balaban J connectivity index is 1.54. The number of rotatable bonds is 3. The maximum absolute atomic E-state index is 5.23. The molecule has 1 fully saturated rings. The number of methoxy groups -OCH3 is 1. The maximum Gasteiger partial charge on any atom is 0.324 e. The summed E-state index contributed by atoms with van der Waals surface area (Å²) in [6.07, 6.45) is 1.86. The number of anilines is 1. The maximum atomic E-state index is 5.23. The van der Waals surface area contributed by atoms with Gasteiger partial charge in [0.1, 0.15) is 0 Å². The number of hydrogen-bond acceptors (Lipinski definition) is 8. The molecule has 120 valence electrons. The Bertz CT molecular complexity index is 820. The molecule has 0 aliphatic carbocycles. The highest BCUT2D eigenvalue weighted by atomic mass is 16.5. The normalized spacial score (nSPS) is 16.2. The molecule has 1 saturated heterocycles. The van der Waals surface area contributed by atoms with Crippen molar-refractivity contribution in [3.05, 3.63) is 23.8 Å². The van der Waals surface area contributed by atoms with Crippen molar-refractivity contribution in [3.8, 4) is 5.88 Å². The number of nitrogens with zero attached hydrogens (tertiary/aromatic N) is 7. The summed E-state index contributed by atoms with van der Waals surface area (Å²) < 4.78 is 12.2. The van der Waals surface area contributed by atoms with Crippen molar-refractivity contribution >= 4 is 11.7 Å². The number of aryl methyl sites for hydroxylation is 1. The predicted molar refractivity (Wildman–Crippen MR) is 80.6 cm³/mol. The smallest absolute Gasteiger partial charge is 0.324 e. The fourth-order valence-electron chi connectivity index (χ4n) is 2.90. The second-order valence-corrected chi connectivity index (χ2v) is 5.59. The Hall–Kier alpha value is -2.71. The van der Waals surface area contributed by atoms with Crippen molar-refractivity contribution in [3.63, 3.8) is 0 Å². The van der Waals surface area contributed by atoms with Crippen LogP contribution in [0.15, 0.2) is 16.7 Å². The third kappa shape index (κ3) is 2.47. The molecular formula is C14H17N7O2. The van der Waals surface area contributed by atoms with Crippen molar-refractivity contribution in [2.75, 3.05) is 25.1 Å². The molecular weight excluding hydrogens is 298 g/mol. The molecule has 1 aliphatic heterocycles. The fourth-order valence-corrected chi connectivity index (χ4v) is 2.90. The monoisotopic (exact) mass is 315 g/mol. The van der Waals surface area contributed by atoms with E-state index in [1.807, 2.05) is 13.0 Å². The summed E-state index contributed by atoms with van der Waals surface area (Å²) in [7, 11) is 1.60. The summed E-state index contributed by atoms with van der Waals surface area (Å²) >= 11 is 0. The highest BCUT2D eigenvalue weighted by Gasteiger charge is 2.27. The van der Waals surface area contributed by atoms with E-state index in [-0.39, 0.29) is 0 Å². The molecule has 4 heterocycles. The van der Waals surface area contributed by atoms with E-state index in [4.69, 9.17) is 9.26 Å². The minimum atomic E-state index is 0.296. The molecule has 4 rings (SSSR count). The third-order valence-corrected chi connectivity index (χ3v) is 4.12. The molecule has 0 aromatic carbocycles. The fraction of sp³-hybridized carbons (Fsp3) is 0.500. The van der Waals surface area contributed by atoms with Crippen molar-refractivity contribution in [1.82, 2.24) is 30.0 Å². The molecule has 0 N–H and O–H groups in total. The summed E-state index contributed by atoms with van der Waals surface area (Å²) in [5.41, 5.74) is 0.732. The number of piperidine rings is 1. The minimum Gasteiger partial charge on any atom is -0.480 e. The van der Waals surface area contributed by atoms with E-state index in [1.54, 1.807) is 17.7 Å². The van der Waals surface area contributed by atoms with Gasteiger partial charge < -0.3 is 14.2 Å². The number of aromatic nitrogens is 6. The van der Waals surface area contributed by atoms with E-state index in [2.05, 4.69) is 30.3 Å². The number of ether oxygens (including phenoxy) is 1. The van der Waals surface area contributed by atoms with E-state index in [0.717, 1.165) is 37.4 Å². The van der Waals surface area contributed by atoms with Crippen LogP contribution in [0.2, 0.25) is 0 Å². The highest BCUT2D eigenvalue weighted by molar-refractivity contribution is 5.38. The molecule has 3 aromatic heterocycles. The van der Waals surface area contributed by atoms with Crippen LogP contribution >= 0.6 is 0 Å². The van der Waals surface area contributed by atoms with Gasteiger partial charge in [0, 0.05) is 25.1 Å². The van der Waals surface area contributed by atoms with Crippen LogP contribution in [0.3, 0.4) is 0 Å². The molecule has 9 nitrogen and oxygen atoms in total. The van der Waals surface area contributed by atoms with Gasteiger partial charge in [-0.3, -0.25) is 0 Å². The van der Waals surface area contributed by atoms with Gasteiger partial charge in [-0.05, 0) is 25.8 Å². The van der Waals surface area contributed by atoms with Crippen molar-refractivity contribution in [1.29, 1.82) is 0 Å². The quantitative estimate of drug-likeness (QED) is 0.712. The highest BCUT2D eigenvalue weighted by Crippen LogP contribution is 2.29. The van der Waals surface area contributed by atoms with E-state index in [0.29, 0.717) is 23.6 Å². The van der Waals surface area contributed by atoms with Crippen LogP contribution in [-0.4, -0.2) is 50.2 Å². The van der Waals surface area contributed by atoms with E-state index < -0.39 is 0 Å². The average Bonchev–Trinajstić information content (AvgIpc) is 3.20. The Kier molecular flexibility index (Phi) is 3.32. The summed E-state index contributed by atoms with van der Waals surface area (Å²) in [5, 5.41) is 16.8. The van der Waals surface area contributed by atoms with Crippen LogP contribution in [0.4, 0.5) is 6.01 Å². The van der Waals surface area contributed by atoms with Crippen molar-refractivity contribution in [2.24, 2.45) is 0 Å². The molecule has 9 heteroatoms. The molecule has 23 heavy (non-hydrogen) atoms. The Morgan fingerprint density at radius 1 is 1.22 bits per heavy atom. The minimum absolute atomic E-state index is 0.296. The Morgan fingerprint density at radius 2 is 2.04 bits per heavy atom. The summed E-state index contributed by atoms with van der Waals surface area (Å²) in [6, 6.07) is 4.24. The van der Waals surface area contributed by atoms with Crippen LogP contribution < -0.4 is 9.64 Å². The van der Waals surface area contributed by atoms with Crippen molar-refractivity contribution < 1.29 is 9.26 Å². The molecule has 0 bridgehead atoms. The molecule has 0 unspecified atom stereocenters. The third-order valence-electron chi connectivity index (χ3n) is 4.12. The topological polar surface area (TPSA) is 94.5 Å². The lowest BCUT2D eigenvalue weighted by molar-refractivity contribution is 0.380. The predicted octanol–water partition coefficient (Wildman–Crippen LogP) is 1.21. The Morgan fingerprint density at radius 3 is 2.74 bits per heavy atom. The van der Waals surface area contributed by atoms with Crippen LogP contribution in [0.5, 0.6) is 5.88 Å². The molecule has 0 atom stereocenters. The zero-order chi connectivity index (χ0) is 15.8. The molecule has 1 aliphatic rings. The molecule has 0 spiro atoms. The second-order valence-electron chi connectivity index (χ2n) is 5.59. The van der Waals surface area contributed by atoms with Gasteiger partial charge >= 0.3 is 6.01 Å². The standard InChI is InChI=1S/C14H17N7O2/c1-9-15-14(23-19-9)20-7-5-10(6-8-20)13-17-16-11-3-4-12(22-2)18-21(11)13/h3-4,10H,5-8H2,1-2H3. The zero-order valence-corrected chi connectivity index (χ0v) is 13.0. The molecule has 0 saturated carbocycles. The zero-order valence-electron chi connectivity index (χ0n) is 13.0. The lowest BCUT2D eigenvalue weighted by atomic mass is 9.96. The van der Waals surface area contributed by atoms with E-state index in [9.17, 15) is 0 Å². The van der Waals surface area contributed by atoms with Gasteiger partial charge in [0.25, 0.3) is 0 Å². The van der Waals surface area contributed by atoms with Crippen LogP contribution in [0.1, 0.15) is 30.4 Å². The lowest BCUT2D eigenvalue weighted by Gasteiger charge is -2.29. The summed E-state index contributed by atoms with van der Waals surface area (Å²) in [6.45, 7) is 3.50. The van der Waals surface area contributed by atoms with Gasteiger partial charge in [0.2, 0.25) is 5.88 Å². The first-order valence-electron chi connectivity index (χ1n) is 7.56. The van der Waals surface area contributed by atoms with Gasteiger partial charge in [0.05, 0.1) is 7.11 Å². The van der Waals surface area contributed by atoms with E-state index >= 15 is 0 Å². The first-order chi connectivity index (χ1) is 11.2. The van der Waals surface area contributed by atoms with Gasteiger partial charge in [-0.15, -0.1) is 15.3 Å². The van der Waals surface area contributed by atoms with Gasteiger partial charge in [-0.2, -0.15) is 9.50 Å². The lowest BCUT2D eigenvalue weighted by Crippen LogP contribution is -2.33. The molecule has 0 radical (unpaired) electrons. The van der Waals surface area contributed by atoms with E-state index in [1.165, 1.54) is 0 Å². The van der Waals surface area contributed by atoms with Crippen molar-refractivity contribution in [2.45, 2.75) is 25.7 Å². The molecule has 0 amide bonds. The van der Waals surface area contributed by atoms with Crippen LogP contribution in [0, 0.1) is 6.92 Å². The van der Waals surface area contributed by atoms with Crippen LogP contribution in [-0.2, 0) is 0 Å². The van der Waals surface area contributed by atoms with Gasteiger partial charge in [0.15, 0.2) is 17.3 Å². The second kappa shape index (κ2) is 5.49. The van der Waals surface area contributed by atoms with Gasteiger partial charge in [-0.25, -0.2) is 0 Å². The first kappa shape index (κ1) is 13.9. The Labute approximate surface area is 132 Å². The molecule has 3 aromatic rings. The first-order valence-corrected chi connectivity index (χ1v) is 7.56.